The van der Waals surface area contributed by atoms with Crippen LogP contribution in [0.15, 0.2) is 85.1 Å². The van der Waals surface area contributed by atoms with Crippen LogP contribution in [0.4, 0.5) is 5.82 Å². The van der Waals surface area contributed by atoms with Crippen molar-refractivity contribution in [2.24, 2.45) is 0 Å². The third-order valence-corrected chi connectivity index (χ3v) is 5.74. The van der Waals surface area contributed by atoms with Crippen LogP contribution in [0.25, 0.3) is 0 Å². The SMILES string of the molecule is Cc1ccc(NC(=O)c2cc(OCc3ccccc3Cl)cc(OCc3ccccc3Cl)c2)nc1. The summed E-state index contributed by atoms with van der Waals surface area (Å²) in [6, 6.07) is 23.5. The number of nitrogens with zero attached hydrogens (tertiary/aromatic N) is 1. The smallest absolute Gasteiger partial charge is 0.257 e. The zero-order chi connectivity index (χ0) is 23.9. The molecule has 0 aliphatic heterocycles. The molecule has 0 unspecified atom stereocenters. The van der Waals surface area contributed by atoms with E-state index in [1.54, 1.807) is 42.6 Å². The summed E-state index contributed by atoms with van der Waals surface area (Å²) < 4.78 is 11.9. The Kier molecular flexibility index (Phi) is 7.68. The van der Waals surface area contributed by atoms with Crippen molar-refractivity contribution < 1.29 is 14.3 Å². The highest BCUT2D eigenvalue weighted by Gasteiger charge is 2.13. The van der Waals surface area contributed by atoms with Crippen LogP contribution in [-0.2, 0) is 13.2 Å². The molecule has 0 bridgehead atoms. The Morgan fingerprint density at radius 3 is 1.88 bits per heavy atom. The predicted molar refractivity (Wildman–Crippen MR) is 135 cm³/mol. The number of halogens is 2. The Morgan fingerprint density at radius 2 is 1.38 bits per heavy atom. The van der Waals surface area contributed by atoms with Crippen molar-refractivity contribution in [3.8, 4) is 11.5 Å². The Bertz CT molecular complexity index is 1230. The van der Waals surface area contributed by atoms with Crippen molar-refractivity contribution in [1.29, 1.82) is 0 Å². The summed E-state index contributed by atoms with van der Waals surface area (Å²) in [6.07, 6.45) is 1.69. The molecule has 34 heavy (non-hydrogen) atoms. The van der Waals surface area contributed by atoms with E-state index in [9.17, 15) is 4.79 Å². The van der Waals surface area contributed by atoms with E-state index in [2.05, 4.69) is 10.3 Å². The number of ether oxygens (including phenoxy) is 2. The lowest BCUT2D eigenvalue weighted by molar-refractivity contribution is 0.102. The lowest BCUT2D eigenvalue weighted by atomic mass is 10.1. The van der Waals surface area contributed by atoms with E-state index in [1.807, 2.05) is 49.4 Å². The number of amides is 1. The number of carbonyl (C=O) groups is 1. The molecule has 4 aromatic rings. The molecular weight excluding hydrogens is 471 g/mol. The number of aryl methyl sites for hydroxylation is 1. The highest BCUT2D eigenvalue weighted by Crippen LogP contribution is 2.27. The number of aromatic nitrogens is 1. The minimum absolute atomic E-state index is 0.244. The van der Waals surface area contributed by atoms with Gasteiger partial charge in [-0.05, 0) is 42.8 Å². The van der Waals surface area contributed by atoms with Gasteiger partial charge < -0.3 is 14.8 Å². The maximum Gasteiger partial charge on any atom is 0.257 e. The van der Waals surface area contributed by atoms with Gasteiger partial charge in [0, 0.05) is 39.0 Å². The Hall–Kier alpha value is -3.54. The molecule has 1 N–H and O–H groups in total. The van der Waals surface area contributed by atoms with Crippen LogP contribution in [0.3, 0.4) is 0 Å². The second-order valence-corrected chi connectivity index (χ2v) is 8.44. The van der Waals surface area contributed by atoms with Gasteiger partial charge in [0.1, 0.15) is 30.5 Å². The van der Waals surface area contributed by atoms with Crippen molar-refractivity contribution in [1.82, 2.24) is 4.98 Å². The first kappa shape index (κ1) is 23.6. The maximum absolute atomic E-state index is 13.0. The summed E-state index contributed by atoms with van der Waals surface area (Å²) in [5, 5.41) is 4.02. The van der Waals surface area contributed by atoms with Crippen LogP contribution in [0, 0.1) is 6.92 Å². The molecule has 1 aromatic heterocycles. The average molecular weight is 493 g/mol. The summed E-state index contributed by atoms with van der Waals surface area (Å²) in [5.41, 5.74) is 3.04. The normalized spacial score (nSPS) is 10.6. The topological polar surface area (TPSA) is 60.5 Å². The van der Waals surface area contributed by atoms with Gasteiger partial charge in [0.15, 0.2) is 0 Å². The number of pyridine rings is 1. The maximum atomic E-state index is 13.0. The van der Waals surface area contributed by atoms with Gasteiger partial charge in [-0.15, -0.1) is 0 Å². The van der Waals surface area contributed by atoms with Gasteiger partial charge in [0.25, 0.3) is 5.91 Å². The Balaban J connectivity index is 1.56. The van der Waals surface area contributed by atoms with Crippen molar-refractivity contribution >= 4 is 34.9 Å². The van der Waals surface area contributed by atoms with Crippen molar-refractivity contribution in [2.45, 2.75) is 20.1 Å². The first-order valence-corrected chi connectivity index (χ1v) is 11.3. The summed E-state index contributed by atoms with van der Waals surface area (Å²) in [6.45, 7) is 2.42. The summed E-state index contributed by atoms with van der Waals surface area (Å²) in [7, 11) is 0. The predicted octanol–water partition coefficient (Wildman–Crippen LogP) is 7.11. The van der Waals surface area contributed by atoms with E-state index >= 15 is 0 Å². The monoisotopic (exact) mass is 492 g/mol. The fourth-order valence-electron chi connectivity index (χ4n) is 3.15. The quantitative estimate of drug-likeness (QED) is 0.284. The third kappa shape index (κ3) is 6.28. The van der Waals surface area contributed by atoms with Gasteiger partial charge in [-0.1, -0.05) is 65.7 Å². The van der Waals surface area contributed by atoms with Crippen LogP contribution in [0.5, 0.6) is 11.5 Å². The number of benzene rings is 3. The third-order valence-electron chi connectivity index (χ3n) is 5.00. The van der Waals surface area contributed by atoms with E-state index in [0.29, 0.717) is 32.9 Å². The van der Waals surface area contributed by atoms with Crippen LogP contribution in [0.1, 0.15) is 27.0 Å². The number of anilines is 1. The zero-order valence-electron chi connectivity index (χ0n) is 18.4. The number of rotatable bonds is 8. The van der Waals surface area contributed by atoms with Gasteiger partial charge in [0.2, 0.25) is 0 Å². The van der Waals surface area contributed by atoms with Gasteiger partial charge >= 0.3 is 0 Å². The first-order chi connectivity index (χ1) is 16.5. The molecule has 5 nitrogen and oxygen atoms in total. The summed E-state index contributed by atoms with van der Waals surface area (Å²) >= 11 is 12.5. The molecular formula is C27H22Cl2N2O3. The standard InChI is InChI=1S/C27H22Cl2N2O3/c1-18-10-11-26(30-15-18)31-27(32)21-12-22(33-16-19-6-2-4-8-24(19)28)14-23(13-21)34-17-20-7-3-5-9-25(20)29/h2-15H,16-17H2,1H3,(H,30,31,32). The second kappa shape index (κ2) is 11.1. The van der Waals surface area contributed by atoms with Gasteiger partial charge in [0.05, 0.1) is 0 Å². The van der Waals surface area contributed by atoms with Gasteiger partial charge in [-0.3, -0.25) is 4.79 Å². The molecule has 1 heterocycles. The van der Waals surface area contributed by atoms with Gasteiger partial charge in [-0.2, -0.15) is 0 Å². The molecule has 0 aliphatic carbocycles. The number of nitrogens with one attached hydrogen (secondary N) is 1. The van der Waals surface area contributed by atoms with E-state index < -0.39 is 0 Å². The molecule has 0 fully saturated rings. The van der Waals surface area contributed by atoms with Crippen molar-refractivity contribution in [3.05, 3.63) is 117 Å². The number of hydrogen-bond donors (Lipinski definition) is 1. The fourth-order valence-corrected chi connectivity index (χ4v) is 3.53. The van der Waals surface area contributed by atoms with Crippen LogP contribution in [0.2, 0.25) is 10.0 Å². The van der Waals surface area contributed by atoms with Crippen LogP contribution in [-0.4, -0.2) is 10.9 Å². The molecule has 0 saturated heterocycles. The molecule has 0 radical (unpaired) electrons. The van der Waals surface area contributed by atoms with E-state index in [0.717, 1.165) is 16.7 Å². The molecule has 4 rings (SSSR count). The van der Waals surface area contributed by atoms with Crippen LogP contribution >= 0.6 is 23.2 Å². The van der Waals surface area contributed by atoms with E-state index in [1.165, 1.54) is 0 Å². The lowest BCUT2D eigenvalue weighted by Crippen LogP contribution is -2.13. The molecule has 172 valence electrons. The highest BCUT2D eigenvalue weighted by molar-refractivity contribution is 6.31. The highest BCUT2D eigenvalue weighted by atomic mass is 35.5. The Morgan fingerprint density at radius 1 is 0.824 bits per heavy atom. The molecule has 0 aliphatic rings. The molecule has 0 saturated carbocycles. The minimum Gasteiger partial charge on any atom is -0.489 e. The lowest BCUT2D eigenvalue weighted by Gasteiger charge is -2.14. The molecule has 7 heteroatoms. The number of carbonyl (C=O) groups excluding carboxylic acids is 1. The van der Waals surface area contributed by atoms with E-state index in [4.69, 9.17) is 32.7 Å². The molecule has 0 spiro atoms. The first-order valence-electron chi connectivity index (χ1n) is 10.6. The molecule has 0 atom stereocenters. The summed E-state index contributed by atoms with van der Waals surface area (Å²) in [4.78, 5) is 17.2. The van der Waals surface area contributed by atoms with Crippen molar-refractivity contribution in [2.75, 3.05) is 5.32 Å². The fraction of sp³-hybridized carbons (Fsp3) is 0.111. The van der Waals surface area contributed by atoms with Crippen molar-refractivity contribution in [3.63, 3.8) is 0 Å². The average Bonchev–Trinajstić information content (AvgIpc) is 2.84. The largest absolute Gasteiger partial charge is 0.489 e. The molecule has 1 amide bonds. The number of hydrogen-bond acceptors (Lipinski definition) is 4. The van der Waals surface area contributed by atoms with E-state index in [-0.39, 0.29) is 19.1 Å². The summed E-state index contributed by atoms with van der Waals surface area (Å²) in [5.74, 6) is 1.07. The second-order valence-electron chi connectivity index (χ2n) is 7.63. The Labute approximate surface area is 208 Å². The van der Waals surface area contributed by atoms with Gasteiger partial charge in [-0.25, -0.2) is 4.98 Å². The zero-order valence-corrected chi connectivity index (χ0v) is 19.9. The minimum atomic E-state index is -0.331. The van der Waals surface area contributed by atoms with Crippen LogP contribution < -0.4 is 14.8 Å². The molecule has 3 aromatic carbocycles.